The van der Waals surface area contributed by atoms with Crippen molar-refractivity contribution < 1.29 is 13.2 Å². The summed E-state index contributed by atoms with van der Waals surface area (Å²) in [5.74, 6) is -0.259. The normalized spacial score (nSPS) is 12.6. The molecule has 1 atom stereocenters. The fourth-order valence-corrected chi connectivity index (χ4v) is 2.65. The summed E-state index contributed by atoms with van der Waals surface area (Å²) < 4.78 is 39.8. The highest BCUT2D eigenvalue weighted by Gasteiger charge is 2.35. The van der Waals surface area contributed by atoms with Crippen molar-refractivity contribution in [3.05, 3.63) is 88.8 Å². The molecule has 3 aromatic rings. The Hall–Kier alpha value is -2.60. The van der Waals surface area contributed by atoms with Crippen molar-refractivity contribution >= 4 is 17.4 Å². The summed E-state index contributed by atoms with van der Waals surface area (Å²) in [6.07, 6.45) is -1.62. The second-order valence-electron chi connectivity index (χ2n) is 5.28. The van der Waals surface area contributed by atoms with Crippen LogP contribution < -0.4 is 5.32 Å². The zero-order valence-corrected chi connectivity index (χ0v) is 13.6. The largest absolute Gasteiger partial charge is 0.419 e. The molecule has 25 heavy (non-hydrogen) atoms. The molecule has 0 bridgehead atoms. The van der Waals surface area contributed by atoms with Gasteiger partial charge in [0.15, 0.2) is 0 Å². The van der Waals surface area contributed by atoms with Crippen LogP contribution in [0.1, 0.15) is 22.9 Å². The van der Waals surface area contributed by atoms with Crippen molar-refractivity contribution in [1.29, 1.82) is 0 Å². The van der Waals surface area contributed by atoms with Gasteiger partial charge < -0.3 is 5.32 Å². The molecule has 1 N–H and O–H groups in total. The van der Waals surface area contributed by atoms with E-state index in [9.17, 15) is 13.2 Å². The number of pyridine rings is 2. The second kappa shape index (κ2) is 7.11. The lowest BCUT2D eigenvalue weighted by atomic mass is 10.0. The highest BCUT2D eigenvalue weighted by atomic mass is 35.5. The standard InChI is InChI=1S/C18H13ClF3N3/c19-13-6-3-5-12(11-13)16(15-8-1-2-9-23-15)25-17-14(18(20,21)22)7-4-10-24-17/h1-11,16H,(H,24,25). The van der Waals surface area contributed by atoms with Crippen molar-refractivity contribution in [1.82, 2.24) is 9.97 Å². The maximum atomic E-state index is 13.3. The van der Waals surface area contributed by atoms with Crippen LogP contribution in [0, 0.1) is 0 Å². The summed E-state index contributed by atoms with van der Waals surface area (Å²) in [6.45, 7) is 0. The van der Waals surface area contributed by atoms with Crippen molar-refractivity contribution in [2.24, 2.45) is 0 Å². The summed E-state index contributed by atoms with van der Waals surface area (Å²) in [5.41, 5.74) is 0.409. The Labute approximate surface area is 147 Å². The molecule has 7 heteroatoms. The van der Waals surface area contributed by atoms with Crippen LogP contribution in [0.2, 0.25) is 5.02 Å². The van der Waals surface area contributed by atoms with E-state index in [1.165, 1.54) is 12.3 Å². The van der Waals surface area contributed by atoms with Gasteiger partial charge in [-0.05, 0) is 42.0 Å². The van der Waals surface area contributed by atoms with Crippen LogP contribution in [-0.2, 0) is 6.18 Å². The molecule has 0 aliphatic heterocycles. The predicted molar refractivity (Wildman–Crippen MR) is 90.4 cm³/mol. The van der Waals surface area contributed by atoms with E-state index in [1.54, 1.807) is 48.7 Å². The lowest BCUT2D eigenvalue weighted by molar-refractivity contribution is -0.137. The van der Waals surface area contributed by atoms with Gasteiger partial charge in [-0.2, -0.15) is 13.2 Å². The molecular weight excluding hydrogens is 351 g/mol. The number of halogens is 4. The van der Waals surface area contributed by atoms with Crippen LogP contribution in [0.3, 0.4) is 0 Å². The minimum absolute atomic E-state index is 0.259. The minimum atomic E-state index is -4.51. The van der Waals surface area contributed by atoms with Gasteiger partial charge in [0, 0.05) is 17.4 Å². The first kappa shape index (κ1) is 17.2. The predicted octanol–water partition coefficient (Wildman–Crippen LogP) is 5.35. The Morgan fingerprint density at radius 1 is 0.920 bits per heavy atom. The lowest BCUT2D eigenvalue weighted by Crippen LogP contribution is -2.18. The molecule has 2 aromatic heterocycles. The van der Waals surface area contributed by atoms with Crippen LogP contribution in [0.25, 0.3) is 0 Å². The molecule has 128 valence electrons. The average molecular weight is 364 g/mol. The Morgan fingerprint density at radius 3 is 2.40 bits per heavy atom. The first-order valence-corrected chi connectivity index (χ1v) is 7.78. The van der Waals surface area contributed by atoms with Crippen molar-refractivity contribution in [2.75, 3.05) is 5.32 Å². The number of aromatic nitrogens is 2. The van der Waals surface area contributed by atoms with E-state index in [1.807, 2.05) is 0 Å². The molecule has 1 aromatic carbocycles. The molecule has 0 saturated carbocycles. The number of anilines is 1. The number of rotatable bonds is 4. The van der Waals surface area contributed by atoms with Gasteiger partial charge >= 0.3 is 6.18 Å². The third kappa shape index (κ3) is 4.09. The molecule has 0 spiro atoms. The first-order chi connectivity index (χ1) is 11.9. The zero-order valence-electron chi connectivity index (χ0n) is 12.8. The quantitative estimate of drug-likeness (QED) is 0.679. The monoisotopic (exact) mass is 363 g/mol. The Balaban J connectivity index is 2.06. The summed E-state index contributed by atoms with van der Waals surface area (Å²) >= 11 is 6.04. The molecule has 3 nitrogen and oxygen atoms in total. The van der Waals surface area contributed by atoms with E-state index in [4.69, 9.17) is 11.6 Å². The first-order valence-electron chi connectivity index (χ1n) is 7.40. The highest BCUT2D eigenvalue weighted by Crippen LogP contribution is 2.36. The van der Waals surface area contributed by atoms with E-state index < -0.39 is 17.8 Å². The summed E-state index contributed by atoms with van der Waals surface area (Å²) in [4.78, 5) is 8.13. The number of nitrogens with zero attached hydrogens (tertiary/aromatic N) is 2. The van der Waals surface area contributed by atoms with Gasteiger partial charge in [0.1, 0.15) is 5.82 Å². The van der Waals surface area contributed by atoms with Gasteiger partial charge in [-0.3, -0.25) is 4.98 Å². The van der Waals surface area contributed by atoms with Crippen LogP contribution in [0.4, 0.5) is 19.0 Å². The third-order valence-corrected chi connectivity index (χ3v) is 3.79. The topological polar surface area (TPSA) is 37.8 Å². The Morgan fingerprint density at radius 2 is 1.72 bits per heavy atom. The van der Waals surface area contributed by atoms with Gasteiger partial charge in [0.05, 0.1) is 17.3 Å². The fraction of sp³-hybridized carbons (Fsp3) is 0.111. The van der Waals surface area contributed by atoms with Crippen molar-refractivity contribution in [3.8, 4) is 0 Å². The molecular formula is C18H13ClF3N3. The Bertz CT molecular complexity index is 853. The zero-order chi connectivity index (χ0) is 17.9. The smallest absolute Gasteiger partial charge is 0.357 e. The molecule has 1 unspecified atom stereocenters. The van der Waals surface area contributed by atoms with Crippen LogP contribution in [0.5, 0.6) is 0 Å². The van der Waals surface area contributed by atoms with Gasteiger partial charge in [-0.1, -0.05) is 29.8 Å². The summed E-state index contributed by atoms with van der Waals surface area (Å²) in [5, 5.41) is 3.35. The molecule has 0 aliphatic rings. The number of hydrogen-bond donors (Lipinski definition) is 1. The van der Waals surface area contributed by atoms with Gasteiger partial charge in [0.2, 0.25) is 0 Å². The molecule has 0 fully saturated rings. The van der Waals surface area contributed by atoms with Crippen LogP contribution in [0.15, 0.2) is 67.0 Å². The van der Waals surface area contributed by atoms with Crippen molar-refractivity contribution in [3.63, 3.8) is 0 Å². The van der Waals surface area contributed by atoms with Gasteiger partial charge in [-0.25, -0.2) is 4.98 Å². The molecule has 0 radical (unpaired) electrons. The van der Waals surface area contributed by atoms with E-state index in [-0.39, 0.29) is 5.82 Å². The van der Waals surface area contributed by atoms with E-state index >= 15 is 0 Å². The molecule has 2 heterocycles. The SMILES string of the molecule is FC(F)(F)c1cccnc1NC(c1cccc(Cl)c1)c1ccccn1. The van der Waals surface area contributed by atoms with E-state index in [0.717, 1.165) is 6.07 Å². The van der Waals surface area contributed by atoms with Crippen molar-refractivity contribution in [2.45, 2.75) is 12.2 Å². The number of alkyl halides is 3. The number of hydrogen-bond acceptors (Lipinski definition) is 3. The van der Waals surface area contributed by atoms with E-state index in [0.29, 0.717) is 16.3 Å². The summed E-state index contributed by atoms with van der Waals surface area (Å²) in [6, 6.07) is 13.7. The molecule has 3 rings (SSSR count). The third-order valence-electron chi connectivity index (χ3n) is 3.56. The average Bonchev–Trinajstić information content (AvgIpc) is 2.60. The molecule has 0 saturated heterocycles. The summed E-state index contributed by atoms with van der Waals surface area (Å²) in [7, 11) is 0. The Kier molecular flexibility index (Phi) is 4.90. The molecule has 0 aliphatic carbocycles. The maximum absolute atomic E-state index is 13.3. The minimum Gasteiger partial charge on any atom is -0.357 e. The number of nitrogens with one attached hydrogen (secondary N) is 1. The van der Waals surface area contributed by atoms with Gasteiger partial charge in [0.25, 0.3) is 0 Å². The number of benzene rings is 1. The van der Waals surface area contributed by atoms with E-state index in [2.05, 4.69) is 15.3 Å². The van der Waals surface area contributed by atoms with Crippen LogP contribution >= 0.6 is 11.6 Å². The lowest BCUT2D eigenvalue weighted by Gasteiger charge is -2.22. The van der Waals surface area contributed by atoms with Gasteiger partial charge in [-0.15, -0.1) is 0 Å². The van der Waals surface area contributed by atoms with Crippen LogP contribution in [-0.4, -0.2) is 9.97 Å². The second-order valence-corrected chi connectivity index (χ2v) is 5.72. The highest BCUT2D eigenvalue weighted by molar-refractivity contribution is 6.30. The maximum Gasteiger partial charge on any atom is 0.419 e. The molecule has 0 amide bonds. The fourth-order valence-electron chi connectivity index (χ4n) is 2.45.